The van der Waals surface area contributed by atoms with Gasteiger partial charge in [0.2, 0.25) is 10.0 Å². The van der Waals surface area contributed by atoms with E-state index >= 15 is 0 Å². The predicted octanol–water partition coefficient (Wildman–Crippen LogP) is 1.61. The molecule has 0 saturated carbocycles. The third kappa shape index (κ3) is 3.37. The van der Waals surface area contributed by atoms with Gasteiger partial charge in [0.1, 0.15) is 5.82 Å². The lowest BCUT2D eigenvalue weighted by Gasteiger charge is -2.37. The number of nitrogens with two attached hydrogens (primary N) is 1. The van der Waals surface area contributed by atoms with Crippen LogP contribution in [-0.4, -0.2) is 45.1 Å². The van der Waals surface area contributed by atoms with Gasteiger partial charge in [-0.1, -0.05) is 11.6 Å². The highest BCUT2D eigenvalue weighted by Gasteiger charge is 2.36. The number of hydrogen-bond acceptors (Lipinski definition) is 4. The van der Waals surface area contributed by atoms with E-state index in [2.05, 4.69) is 0 Å². The molecule has 0 aromatic heterocycles. The molecule has 2 N–H and O–H groups in total. The molecule has 1 aromatic carbocycles. The van der Waals surface area contributed by atoms with Crippen molar-refractivity contribution in [3.05, 3.63) is 29.0 Å². The van der Waals surface area contributed by atoms with Crippen LogP contribution < -0.4 is 5.73 Å². The fraction of sp³-hybridized carbons (Fsp3) is 0.538. The maximum Gasteiger partial charge on any atom is 0.243 e. The third-order valence-corrected chi connectivity index (χ3v) is 5.95. The maximum absolute atomic E-state index is 13.2. The number of hydrogen-bond donors (Lipinski definition) is 1. The summed E-state index contributed by atoms with van der Waals surface area (Å²) < 4.78 is 45.1. The summed E-state index contributed by atoms with van der Waals surface area (Å²) in [5.41, 5.74) is 5.69. The highest BCUT2D eigenvalue weighted by molar-refractivity contribution is 7.89. The Morgan fingerprint density at radius 3 is 2.81 bits per heavy atom. The first-order chi connectivity index (χ1) is 9.90. The first-order valence-electron chi connectivity index (χ1n) is 6.60. The van der Waals surface area contributed by atoms with Crippen molar-refractivity contribution < 1.29 is 17.5 Å². The van der Waals surface area contributed by atoms with Crippen LogP contribution in [0.15, 0.2) is 23.1 Å². The summed E-state index contributed by atoms with van der Waals surface area (Å²) in [6, 6.07) is 3.06. The fourth-order valence-corrected chi connectivity index (χ4v) is 4.44. The Bertz CT molecular complexity index is 611. The van der Waals surface area contributed by atoms with E-state index in [0.717, 1.165) is 12.1 Å². The zero-order chi connectivity index (χ0) is 15.6. The van der Waals surface area contributed by atoms with Crippen molar-refractivity contribution in [3.8, 4) is 0 Å². The lowest BCUT2D eigenvalue weighted by molar-refractivity contribution is 0.0401. The summed E-state index contributed by atoms with van der Waals surface area (Å²) in [6.07, 6.45) is 1.14. The van der Waals surface area contributed by atoms with Crippen molar-refractivity contribution in [3.63, 3.8) is 0 Å². The van der Waals surface area contributed by atoms with Crippen molar-refractivity contribution >= 4 is 21.6 Å². The molecular weight excluding hydrogens is 319 g/mol. The van der Waals surface area contributed by atoms with Crippen LogP contribution in [0, 0.1) is 5.82 Å². The molecule has 1 heterocycles. The summed E-state index contributed by atoms with van der Waals surface area (Å²) in [5, 5.41) is -0.216. The molecule has 0 amide bonds. The lowest BCUT2D eigenvalue weighted by Crippen LogP contribution is -2.51. The van der Waals surface area contributed by atoms with Crippen molar-refractivity contribution in [1.29, 1.82) is 0 Å². The highest BCUT2D eigenvalue weighted by Crippen LogP contribution is 2.28. The Balaban J connectivity index is 2.31. The minimum atomic E-state index is -3.75. The maximum atomic E-state index is 13.2. The van der Waals surface area contributed by atoms with Crippen molar-refractivity contribution in [2.75, 3.05) is 20.2 Å². The number of sulfonamides is 1. The molecule has 2 unspecified atom stereocenters. The molecule has 0 aliphatic carbocycles. The number of ether oxygens (including phenoxy) is 1. The van der Waals surface area contributed by atoms with Gasteiger partial charge >= 0.3 is 0 Å². The van der Waals surface area contributed by atoms with Gasteiger partial charge in [0, 0.05) is 26.2 Å². The first kappa shape index (κ1) is 16.6. The molecule has 1 saturated heterocycles. The van der Waals surface area contributed by atoms with E-state index in [1.54, 1.807) is 7.11 Å². The summed E-state index contributed by atoms with van der Waals surface area (Å²) in [5.74, 6) is -0.649. The average Bonchev–Trinajstić information content (AvgIpc) is 2.49. The van der Waals surface area contributed by atoms with E-state index < -0.39 is 15.8 Å². The van der Waals surface area contributed by atoms with E-state index in [0.29, 0.717) is 19.4 Å². The van der Waals surface area contributed by atoms with Gasteiger partial charge in [0.05, 0.1) is 16.0 Å². The van der Waals surface area contributed by atoms with Crippen LogP contribution in [0.25, 0.3) is 0 Å². The molecule has 1 aliphatic heterocycles. The van der Waals surface area contributed by atoms with E-state index in [-0.39, 0.29) is 28.6 Å². The molecule has 1 aromatic rings. The van der Waals surface area contributed by atoms with E-state index in [9.17, 15) is 12.8 Å². The van der Waals surface area contributed by atoms with Crippen LogP contribution in [-0.2, 0) is 14.8 Å². The molecule has 1 aliphatic rings. The van der Waals surface area contributed by atoms with Gasteiger partial charge in [-0.05, 0) is 31.0 Å². The first-order valence-corrected chi connectivity index (χ1v) is 8.41. The standard InChI is InChI=1S/C13H18ClFN2O3S/c1-20-10-4-5-17(9(6-10)8-16)21(18,19)11-2-3-13(15)12(14)7-11/h2-3,7,9-10H,4-6,8,16H2,1H3. The van der Waals surface area contributed by atoms with Crippen molar-refractivity contribution in [2.24, 2.45) is 5.73 Å². The zero-order valence-electron chi connectivity index (χ0n) is 11.6. The second kappa shape index (κ2) is 6.58. The second-order valence-corrected chi connectivity index (χ2v) is 7.26. The average molecular weight is 337 g/mol. The topological polar surface area (TPSA) is 72.6 Å². The Labute approximate surface area is 128 Å². The van der Waals surface area contributed by atoms with Crippen LogP contribution in [0.5, 0.6) is 0 Å². The summed E-state index contributed by atoms with van der Waals surface area (Å²) in [7, 11) is -2.15. The van der Waals surface area contributed by atoms with Gasteiger partial charge < -0.3 is 10.5 Å². The molecule has 5 nitrogen and oxygen atoms in total. The van der Waals surface area contributed by atoms with Crippen LogP contribution in [0.2, 0.25) is 5.02 Å². The SMILES string of the molecule is COC1CCN(S(=O)(=O)c2ccc(F)c(Cl)c2)C(CN)C1. The zero-order valence-corrected chi connectivity index (χ0v) is 13.2. The molecule has 2 atom stereocenters. The molecule has 8 heteroatoms. The Hall–Kier alpha value is -0.730. The fourth-order valence-electron chi connectivity index (χ4n) is 2.51. The van der Waals surface area contributed by atoms with Crippen molar-refractivity contribution in [1.82, 2.24) is 4.31 Å². The van der Waals surface area contributed by atoms with Gasteiger partial charge in [-0.2, -0.15) is 4.31 Å². The lowest BCUT2D eigenvalue weighted by atomic mass is 10.0. The molecule has 0 spiro atoms. The normalized spacial score (nSPS) is 24.2. The molecule has 1 fully saturated rings. The van der Waals surface area contributed by atoms with E-state index in [1.807, 2.05) is 0 Å². The number of halogens is 2. The molecular formula is C13H18ClFN2O3S. The Morgan fingerprint density at radius 1 is 1.52 bits per heavy atom. The number of piperidine rings is 1. The van der Waals surface area contributed by atoms with Crippen molar-refractivity contribution in [2.45, 2.75) is 29.9 Å². The van der Waals surface area contributed by atoms with Crippen LogP contribution in [0.4, 0.5) is 4.39 Å². The number of benzene rings is 1. The molecule has 0 bridgehead atoms. The monoisotopic (exact) mass is 336 g/mol. The minimum Gasteiger partial charge on any atom is -0.381 e. The number of methoxy groups -OCH3 is 1. The predicted molar refractivity (Wildman–Crippen MR) is 78.2 cm³/mol. The smallest absolute Gasteiger partial charge is 0.243 e. The van der Waals surface area contributed by atoms with Gasteiger partial charge in [0.25, 0.3) is 0 Å². The summed E-state index contributed by atoms with van der Waals surface area (Å²) in [6.45, 7) is 0.520. The molecule has 118 valence electrons. The van der Waals surface area contributed by atoms with Gasteiger partial charge in [-0.15, -0.1) is 0 Å². The van der Waals surface area contributed by atoms with Crippen LogP contribution in [0.3, 0.4) is 0 Å². The quantitative estimate of drug-likeness (QED) is 0.906. The largest absolute Gasteiger partial charge is 0.381 e. The molecule has 2 rings (SSSR count). The Morgan fingerprint density at radius 2 is 2.24 bits per heavy atom. The Kier molecular flexibility index (Phi) is 5.21. The molecule has 0 radical (unpaired) electrons. The van der Waals surface area contributed by atoms with Gasteiger partial charge in [-0.3, -0.25) is 0 Å². The van der Waals surface area contributed by atoms with Crippen LogP contribution >= 0.6 is 11.6 Å². The van der Waals surface area contributed by atoms with E-state index in [1.165, 1.54) is 10.4 Å². The third-order valence-electron chi connectivity index (χ3n) is 3.72. The summed E-state index contributed by atoms with van der Waals surface area (Å²) >= 11 is 5.67. The molecule has 21 heavy (non-hydrogen) atoms. The second-order valence-electron chi connectivity index (χ2n) is 4.96. The van der Waals surface area contributed by atoms with Gasteiger partial charge in [0.15, 0.2) is 0 Å². The van der Waals surface area contributed by atoms with Crippen LogP contribution in [0.1, 0.15) is 12.8 Å². The summed E-state index contributed by atoms with van der Waals surface area (Å²) in [4.78, 5) is -0.0248. The number of rotatable bonds is 4. The van der Waals surface area contributed by atoms with E-state index in [4.69, 9.17) is 22.1 Å². The van der Waals surface area contributed by atoms with Gasteiger partial charge in [-0.25, -0.2) is 12.8 Å². The number of nitrogens with zero attached hydrogens (tertiary/aromatic N) is 1. The minimum absolute atomic E-state index is 0.00167. The highest BCUT2D eigenvalue weighted by atomic mass is 35.5.